The van der Waals surface area contributed by atoms with Gasteiger partial charge in [-0.3, -0.25) is 4.79 Å². The number of primary amides is 1. The highest BCUT2D eigenvalue weighted by Crippen LogP contribution is 2.31. The van der Waals surface area contributed by atoms with Gasteiger partial charge in [-0.25, -0.2) is 4.68 Å². The van der Waals surface area contributed by atoms with Crippen LogP contribution >= 0.6 is 23.2 Å². The minimum Gasteiger partial charge on any atom is -0.364 e. The highest BCUT2D eigenvalue weighted by atomic mass is 35.5. The number of halogens is 2. The number of rotatable bonds is 5. The number of nitrogens with one attached hydrogen (secondary N) is 1. The van der Waals surface area contributed by atoms with Crippen molar-refractivity contribution >= 4 is 40.5 Å². The van der Waals surface area contributed by atoms with E-state index >= 15 is 0 Å². The van der Waals surface area contributed by atoms with E-state index in [9.17, 15) is 10.1 Å². The summed E-state index contributed by atoms with van der Waals surface area (Å²) in [6.07, 6.45) is 1.60. The van der Waals surface area contributed by atoms with Gasteiger partial charge in [-0.1, -0.05) is 59.6 Å². The molecule has 1 heterocycles. The SMILES string of the molecule is N#Cc1ccccc1-c1ccc(Nc2cn(-c3c(Cl)cccc3Cl)nc2C(N)=O)cc1. The van der Waals surface area contributed by atoms with Crippen LogP contribution in [0.3, 0.4) is 0 Å². The molecule has 0 spiro atoms. The molecule has 3 N–H and O–H groups in total. The third-order valence-electron chi connectivity index (χ3n) is 4.64. The molecule has 0 saturated heterocycles. The number of para-hydroxylation sites is 1. The van der Waals surface area contributed by atoms with Crippen molar-refractivity contribution in [3.05, 3.63) is 94.2 Å². The first-order chi connectivity index (χ1) is 15.0. The average Bonchev–Trinajstić information content (AvgIpc) is 3.17. The maximum absolute atomic E-state index is 11.9. The number of nitriles is 1. The Morgan fingerprint density at radius 2 is 1.68 bits per heavy atom. The van der Waals surface area contributed by atoms with Crippen LogP contribution in [-0.4, -0.2) is 15.7 Å². The Labute approximate surface area is 188 Å². The first kappa shape index (κ1) is 20.5. The fourth-order valence-corrected chi connectivity index (χ4v) is 3.76. The van der Waals surface area contributed by atoms with Crippen molar-refractivity contribution in [1.29, 1.82) is 5.26 Å². The molecule has 0 fully saturated rings. The van der Waals surface area contributed by atoms with Crippen LogP contribution in [0.4, 0.5) is 11.4 Å². The lowest BCUT2D eigenvalue weighted by Crippen LogP contribution is -2.14. The second kappa shape index (κ2) is 8.52. The zero-order valence-corrected chi connectivity index (χ0v) is 17.5. The van der Waals surface area contributed by atoms with Crippen LogP contribution < -0.4 is 11.1 Å². The molecule has 0 aliphatic carbocycles. The van der Waals surface area contributed by atoms with E-state index < -0.39 is 5.91 Å². The summed E-state index contributed by atoms with van der Waals surface area (Å²) >= 11 is 12.5. The minimum absolute atomic E-state index is 0.0508. The van der Waals surface area contributed by atoms with Crippen LogP contribution in [-0.2, 0) is 0 Å². The molecule has 1 aromatic heterocycles. The Kier molecular flexibility index (Phi) is 5.63. The fraction of sp³-hybridized carbons (Fsp3) is 0. The summed E-state index contributed by atoms with van der Waals surface area (Å²) < 4.78 is 1.42. The van der Waals surface area contributed by atoms with Crippen molar-refractivity contribution in [1.82, 2.24) is 9.78 Å². The number of amides is 1. The standard InChI is InChI=1S/C23H15Cl2N5O/c24-18-6-3-7-19(25)22(18)30-13-20(21(29-30)23(27)31)28-16-10-8-14(9-11-16)17-5-2-1-4-15(17)12-26/h1-11,13,28H,(H2,27,31). The van der Waals surface area contributed by atoms with E-state index in [1.807, 2.05) is 42.5 Å². The maximum Gasteiger partial charge on any atom is 0.271 e. The van der Waals surface area contributed by atoms with Gasteiger partial charge in [0.05, 0.1) is 33.6 Å². The number of hydrogen-bond donors (Lipinski definition) is 2. The molecule has 0 aliphatic rings. The number of carbonyl (C=O) groups excluding carboxylic acids is 1. The number of benzene rings is 3. The van der Waals surface area contributed by atoms with Gasteiger partial charge >= 0.3 is 0 Å². The molecular formula is C23H15Cl2N5O. The molecule has 0 bridgehead atoms. The van der Waals surface area contributed by atoms with Gasteiger partial charge < -0.3 is 11.1 Å². The lowest BCUT2D eigenvalue weighted by molar-refractivity contribution is 0.0996. The van der Waals surface area contributed by atoms with E-state index in [0.29, 0.717) is 32.7 Å². The predicted octanol–water partition coefficient (Wildman–Crippen LogP) is 5.56. The Hall–Kier alpha value is -3.79. The van der Waals surface area contributed by atoms with E-state index in [2.05, 4.69) is 16.5 Å². The minimum atomic E-state index is -0.691. The Balaban J connectivity index is 1.67. The topological polar surface area (TPSA) is 96.7 Å². The molecular weight excluding hydrogens is 433 g/mol. The van der Waals surface area contributed by atoms with Gasteiger partial charge in [-0.05, 0) is 41.5 Å². The van der Waals surface area contributed by atoms with Crippen LogP contribution in [0.2, 0.25) is 10.0 Å². The Morgan fingerprint density at radius 1 is 1.00 bits per heavy atom. The van der Waals surface area contributed by atoms with Crippen molar-refractivity contribution in [3.8, 4) is 22.9 Å². The van der Waals surface area contributed by atoms with Gasteiger partial charge in [0, 0.05) is 5.69 Å². The predicted molar refractivity (Wildman–Crippen MR) is 122 cm³/mol. The summed E-state index contributed by atoms with van der Waals surface area (Å²) in [4.78, 5) is 11.9. The van der Waals surface area contributed by atoms with Crippen molar-refractivity contribution < 1.29 is 4.79 Å². The largest absolute Gasteiger partial charge is 0.364 e. The molecule has 6 nitrogen and oxygen atoms in total. The summed E-state index contributed by atoms with van der Waals surface area (Å²) in [5, 5.41) is 17.5. The van der Waals surface area contributed by atoms with Gasteiger partial charge in [-0.2, -0.15) is 10.4 Å². The van der Waals surface area contributed by atoms with Gasteiger partial charge in [0.25, 0.3) is 5.91 Å². The fourth-order valence-electron chi connectivity index (χ4n) is 3.19. The average molecular weight is 448 g/mol. The molecule has 0 atom stereocenters. The molecule has 0 saturated carbocycles. The molecule has 1 amide bonds. The number of carbonyl (C=O) groups is 1. The van der Waals surface area contributed by atoms with Gasteiger partial charge in [0.2, 0.25) is 0 Å². The summed E-state index contributed by atoms with van der Waals surface area (Å²) in [6.45, 7) is 0. The molecule has 8 heteroatoms. The van der Waals surface area contributed by atoms with E-state index in [4.69, 9.17) is 28.9 Å². The number of nitrogens with zero attached hydrogens (tertiary/aromatic N) is 3. The van der Waals surface area contributed by atoms with Crippen molar-refractivity contribution in [3.63, 3.8) is 0 Å². The quantitative estimate of drug-likeness (QED) is 0.418. The van der Waals surface area contributed by atoms with Crippen LogP contribution in [0.5, 0.6) is 0 Å². The molecule has 31 heavy (non-hydrogen) atoms. The maximum atomic E-state index is 11.9. The first-order valence-corrected chi connectivity index (χ1v) is 9.94. The molecule has 152 valence electrons. The van der Waals surface area contributed by atoms with Crippen molar-refractivity contribution in [2.45, 2.75) is 0 Å². The normalized spacial score (nSPS) is 10.5. The summed E-state index contributed by atoms with van der Waals surface area (Å²) in [5.74, 6) is -0.691. The van der Waals surface area contributed by atoms with E-state index in [-0.39, 0.29) is 5.69 Å². The second-order valence-corrected chi connectivity index (χ2v) is 7.44. The number of anilines is 2. The lowest BCUT2D eigenvalue weighted by atomic mass is 10.0. The van der Waals surface area contributed by atoms with Crippen molar-refractivity contribution in [2.24, 2.45) is 5.73 Å². The number of nitrogens with two attached hydrogens (primary N) is 1. The zero-order chi connectivity index (χ0) is 22.0. The van der Waals surface area contributed by atoms with Gasteiger partial charge in [0.15, 0.2) is 5.69 Å². The smallest absolute Gasteiger partial charge is 0.271 e. The third kappa shape index (κ3) is 4.10. The number of aromatic nitrogens is 2. The van der Waals surface area contributed by atoms with Crippen LogP contribution in [0.1, 0.15) is 16.1 Å². The molecule has 0 aliphatic heterocycles. The highest BCUT2D eigenvalue weighted by molar-refractivity contribution is 6.37. The number of hydrogen-bond acceptors (Lipinski definition) is 4. The van der Waals surface area contributed by atoms with E-state index in [0.717, 1.165) is 11.1 Å². The Morgan fingerprint density at radius 3 is 2.32 bits per heavy atom. The lowest BCUT2D eigenvalue weighted by Gasteiger charge is -2.08. The van der Waals surface area contributed by atoms with E-state index in [1.165, 1.54) is 4.68 Å². The Bertz CT molecular complexity index is 1300. The van der Waals surface area contributed by atoms with Crippen molar-refractivity contribution in [2.75, 3.05) is 5.32 Å². The van der Waals surface area contributed by atoms with Crippen LogP contribution in [0.25, 0.3) is 16.8 Å². The third-order valence-corrected chi connectivity index (χ3v) is 5.25. The monoisotopic (exact) mass is 447 g/mol. The molecule has 3 aromatic carbocycles. The molecule has 0 unspecified atom stereocenters. The van der Waals surface area contributed by atoms with Gasteiger partial charge in [0.1, 0.15) is 5.69 Å². The van der Waals surface area contributed by atoms with Gasteiger partial charge in [-0.15, -0.1) is 0 Å². The molecule has 4 rings (SSSR count). The summed E-state index contributed by atoms with van der Waals surface area (Å²) in [6, 6.07) is 22.1. The van der Waals surface area contributed by atoms with E-state index in [1.54, 1.807) is 30.5 Å². The zero-order valence-electron chi connectivity index (χ0n) is 16.0. The first-order valence-electron chi connectivity index (χ1n) is 9.18. The second-order valence-electron chi connectivity index (χ2n) is 6.63. The summed E-state index contributed by atoms with van der Waals surface area (Å²) in [5.41, 5.74) is 9.48. The molecule has 0 radical (unpaired) electrons. The van der Waals surface area contributed by atoms with Crippen LogP contribution in [0.15, 0.2) is 72.9 Å². The van der Waals surface area contributed by atoms with Crippen LogP contribution in [0, 0.1) is 11.3 Å². The molecule has 4 aromatic rings. The highest BCUT2D eigenvalue weighted by Gasteiger charge is 2.18. The summed E-state index contributed by atoms with van der Waals surface area (Å²) in [7, 11) is 0.